The average molecular weight is 439 g/mol. The Morgan fingerprint density at radius 2 is 1.79 bits per heavy atom. The Labute approximate surface area is 178 Å². The summed E-state index contributed by atoms with van der Waals surface area (Å²) in [6.07, 6.45) is 0.768. The zero-order valence-corrected chi connectivity index (χ0v) is 18.1. The van der Waals surface area contributed by atoms with Gasteiger partial charge in [-0.25, -0.2) is 5.01 Å². The number of ether oxygens (including phenoxy) is 2. The monoisotopic (exact) mass is 438 g/mol. The molecule has 1 aliphatic heterocycles. The minimum atomic E-state index is -0.132. The number of halogens is 2. The van der Waals surface area contributed by atoms with Crippen molar-refractivity contribution in [1.29, 1.82) is 0 Å². The maximum Gasteiger partial charge on any atom is 0.302 e. The number of carbonyl (C=O) groups is 1. The molecule has 0 bridgehead atoms. The molecule has 0 saturated heterocycles. The molecule has 0 aromatic heterocycles. The fourth-order valence-corrected chi connectivity index (χ4v) is 4.37. The summed E-state index contributed by atoms with van der Waals surface area (Å²) >= 11 is 13.8. The van der Waals surface area contributed by atoms with Gasteiger partial charge < -0.3 is 9.47 Å². The van der Waals surface area contributed by atoms with E-state index in [9.17, 15) is 4.79 Å². The molecule has 28 heavy (non-hydrogen) atoms. The predicted molar refractivity (Wildman–Crippen MR) is 115 cm³/mol. The van der Waals surface area contributed by atoms with Crippen LogP contribution in [0.25, 0.3) is 0 Å². The molecule has 0 saturated carbocycles. The van der Waals surface area contributed by atoms with Gasteiger partial charge in [0.1, 0.15) is 0 Å². The van der Waals surface area contributed by atoms with Gasteiger partial charge in [0.15, 0.2) is 11.5 Å². The Bertz CT molecular complexity index is 900. The second-order valence-corrected chi connectivity index (χ2v) is 8.06. The molecule has 0 N–H and O–H groups in total. The molecular formula is C20H20Cl2N2O3S. The van der Waals surface area contributed by atoms with E-state index in [1.807, 2.05) is 25.1 Å². The molecule has 0 fully saturated rings. The summed E-state index contributed by atoms with van der Waals surface area (Å²) in [7, 11) is 3.18. The van der Waals surface area contributed by atoms with Crippen molar-refractivity contribution in [2.45, 2.75) is 25.1 Å². The van der Waals surface area contributed by atoms with E-state index in [1.165, 1.54) is 16.8 Å². The summed E-state index contributed by atoms with van der Waals surface area (Å²) in [4.78, 5) is 12.6. The van der Waals surface area contributed by atoms with Crippen LogP contribution in [0.2, 0.25) is 10.0 Å². The number of amides is 1. The number of carbonyl (C=O) groups excluding carboxylic acids is 1. The molecule has 1 aliphatic rings. The van der Waals surface area contributed by atoms with E-state index in [0.717, 1.165) is 17.7 Å². The standard InChI is InChI=1S/C20H20Cl2N2O3S/c1-4-18-19(12-8-9-16(26-2)17(10-12)27-3)23-24(20(25)28-18)11-13-14(21)6-5-7-15(13)22/h5-10,18H,4,11H2,1-3H3. The number of hydrogen-bond acceptors (Lipinski definition) is 5. The molecule has 1 heterocycles. The topological polar surface area (TPSA) is 51.1 Å². The molecule has 148 valence electrons. The van der Waals surface area contributed by atoms with E-state index in [1.54, 1.807) is 32.4 Å². The Morgan fingerprint density at radius 3 is 2.39 bits per heavy atom. The van der Waals surface area contributed by atoms with E-state index in [0.29, 0.717) is 27.1 Å². The second-order valence-electron chi connectivity index (χ2n) is 6.09. The number of thioether (sulfide) groups is 1. The van der Waals surface area contributed by atoms with Crippen molar-refractivity contribution in [3.05, 3.63) is 57.6 Å². The fourth-order valence-electron chi connectivity index (χ4n) is 2.92. The lowest BCUT2D eigenvalue weighted by Gasteiger charge is -2.29. The van der Waals surface area contributed by atoms with Crippen LogP contribution in [-0.2, 0) is 6.54 Å². The summed E-state index contributed by atoms with van der Waals surface area (Å²) in [5.41, 5.74) is 2.35. The molecule has 0 spiro atoms. The summed E-state index contributed by atoms with van der Waals surface area (Å²) in [6.45, 7) is 2.24. The van der Waals surface area contributed by atoms with E-state index in [2.05, 4.69) is 5.10 Å². The van der Waals surface area contributed by atoms with Crippen LogP contribution < -0.4 is 9.47 Å². The lowest BCUT2D eigenvalue weighted by atomic mass is 10.0. The van der Waals surface area contributed by atoms with E-state index in [-0.39, 0.29) is 17.0 Å². The van der Waals surface area contributed by atoms with Crippen molar-refractivity contribution in [2.75, 3.05) is 14.2 Å². The largest absolute Gasteiger partial charge is 0.493 e. The molecular weight excluding hydrogens is 419 g/mol. The van der Waals surface area contributed by atoms with Gasteiger partial charge in [-0.15, -0.1) is 0 Å². The maximum absolute atomic E-state index is 12.6. The second kappa shape index (κ2) is 9.07. The lowest BCUT2D eigenvalue weighted by Crippen LogP contribution is -2.35. The number of hydrogen-bond donors (Lipinski definition) is 0. The zero-order chi connectivity index (χ0) is 20.3. The van der Waals surface area contributed by atoms with Crippen LogP contribution >= 0.6 is 35.0 Å². The number of rotatable bonds is 6. The van der Waals surface area contributed by atoms with Gasteiger partial charge in [-0.3, -0.25) is 4.79 Å². The van der Waals surface area contributed by atoms with Crippen LogP contribution in [0.15, 0.2) is 41.5 Å². The Hall–Kier alpha value is -1.89. The van der Waals surface area contributed by atoms with Gasteiger partial charge in [0.05, 0.1) is 31.7 Å². The third-order valence-corrected chi connectivity index (χ3v) is 6.37. The Kier molecular flexibility index (Phi) is 6.75. The van der Waals surface area contributed by atoms with Crippen LogP contribution in [-0.4, -0.2) is 35.4 Å². The first-order valence-electron chi connectivity index (χ1n) is 8.70. The van der Waals surface area contributed by atoms with Crippen molar-refractivity contribution in [3.8, 4) is 11.5 Å². The van der Waals surface area contributed by atoms with E-state index >= 15 is 0 Å². The molecule has 1 unspecified atom stereocenters. The number of nitrogens with zero attached hydrogens (tertiary/aromatic N) is 2. The minimum Gasteiger partial charge on any atom is -0.493 e. The number of benzene rings is 2. The SMILES string of the molecule is CCC1SC(=O)N(Cc2c(Cl)cccc2Cl)N=C1c1ccc(OC)c(OC)c1. The highest BCUT2D eigenvalue weighted by atomic mass is 35.5. The Morgan fingerprint density at radius 1 is 1.11 bits per heavy atom. The van der Waals surface area contributed by atoms with Gasteiger partial charge in [0.25, 0.3) is 0 Å². The van der Waals surface area contributed by atoms with E-state index < -0.39 is 0 Å². The third-order valence-electron chi connectivity index (χ3n) is 4.41. The molecule has 1 atom stereocenters. The van der Waals surface area contributed by atoms with Crippen LogP contribution in [0.1, 0.15) is 24.5 Å². The van der Waals surface area contributed by atoms with Gasteiger partial charge in [0, 0.05) is 21.2 Å². The highest BCUT2D eigenvalue weighted by Gasteiger charge is 2.31. The molecule has 0 radical (unpaired) electrons. The van der Waals surface area contributed by atoms with Crippen molar-refractivity contribution < 1.29 is 14.3 Å². The predicted octanol–water partition coefficient (Wildman–Crippen LogP) is 5.86. The third kappa shape index (κ3) is 4.24. The molecule has 2 aromatic rings. The van der Waals surface area contributed by atoms with Gasteiger partial charge in [0.2, 0.25) is 0 Å². The summed E-state index contributed by atoms with van der Waals surface area (Å²) in [5.74, 6) is 1.25. The first-order chi connectivity index (χ1) is 13.5. The van der Waals surface area contributed by atoms with Gasteiger partial charge in [-0.05, 0) is 36.8 Å². The normalized spacial score (nSPS) is 16.8. The quantitative estimate of drug-likeness (QED) is 0.566. The van der Waals surface area contributed by atoms with Gasteiger partial charge in [-0.2, -0.15) is 5.10 Å². The Balaban J connectivity index is 2.00. The molecule has 1 amide bonds. The fraction of sp³-hybridized carbons (Fsp3) is 0.300. The molecule has 3 rings (SSSR count). The lowest BCUT2D eigenvalue weighted by molar-refractivity contribution is 0.222. The van der Waals surface area contributed by atoms with Crippen LogP contribution in [0.4, 0.5) is 4.79 Å². The van der Waals surface area contributed by atoms with Crippen molar-refractivity contribution in [3.63, 3.8) is 0 Å². The first kappa shape index (κ1) is 20.8. The number of methoxy groups -OCH3 is 2. The van der Waals surface area contributed by atoms with E-state index in [4.69, 9.17) is 32.7 Å². The van der Waals surface area contributed by atoms with Crippen molar-refractivity contribution >= 4 is 45.9 Å². The smallest absolute Gasteiger partial charge is 0.302 e. The molecule has 8 heteroatoms. The summed E-state index contributed by atoms with van der Waals surface area (Å²) in [5, 5.41) is 6.90. The highest BCUT2D eigenvalue weighted by Crippen LogP contribution is 2.35. The number of hydrazone groups is 1. The summed E-state index contributed by atoms with van der Waals surface area (Å²) in [6, 6.07) is 10.9. The summed E-state index contributed by atoms with van der Waals surface area (Å²) < 4.78 is 10.7. The van der Waals surface area contributed by atoms with Crippen molar-refractivity contribution in [1.82, 2.24) is 5.01 Å². The zero-order valence-electron chi connectivity index (χ0n) is 15.7. The molecule has 2 aromatic carbocycles. The molecule has 5 nitrogen and oxygen atoms in total. The van der Waals surface area contributed by atoms with Gasteiger partial charge in [-0.1, -0.05) is 48.0 Å². The van der Waals surface area contributed by atoms with Crippen molar-refractivity contribution in [2.24, 2.45) is 5.10 Å². The minimum absolute atomic E-state index is 0.0523. The molecule has 0 aliphatic carbocycles. The highest BCUT2D eigenvalue weighted by molar-refractivity contribution is 8.14. The van der Waals surface area contributed by atoms with Crippen LogP contribution in [0, 0.1) is 0 Å². The first-order valence-corrected chi connectivity index (χ1v) is 10.3. The van der Waals surface area contributed by atoms with Gasteiger partial charge >= 0.3 is 5.24 Å². The maximum atomic E-state index is 12.6. The van der Waals surface area contributed by atoms with Crippen LogP contribution in [0.5, 0.6) is 11.5 Å². The van der Waals surface area contributed by atoms with Crippen LogP contribution in [0.3, 0.4) is 0 Å². The average Bonchev–Trinajstić information content (AvgIpc) is 2.71.